The molecule has 0 aliphatic carbocycles. The van der Waals surface area contributed by atoms with Crippen LogP contribution in [0.25, 0.3) is 0 Å². The third-order valence-electron chi connectivity index (χ3n) is 6.28. The monoisotopic (exact) mass is 458 g/mol. The van der Waals surface area contributed by atoms with Gasteiger partial charge in [0, 0.05) is 24.2 Å². The standard InChI is InChI=1S/C26H27FN6O/c1-17-14-18(2)33(31-17)16-20-5-9-21(10-6-20)26(34)32-13-3-4-23(32)25-28-24(29-30-25)15-19-7-11-22(27)12-8-19/h5-12,14,23H,3-4,13,15-16H2,1-2H3,(H,28,29,30). The highest BCUT2D eigenvalue weighted by molar-refractivity contribution is 5.94. The van der Waals surface area contributed by atoms with Gasteiger partial charge in [-0.2, -0.15) is 10.2 Å². The van der Waals surface area contributed by atoms with Crippen LogP contribution in [0.1, 0.15) is 63.4 Å². The number of H-pyrrole nitrogens is 1. The van der Waals surface area contributed by atoms with Gasteiger partial charge < -0.3 is 4.90 Å². The van der Waals surface area contributed by atoms with Gasteiger partial charge in [0.25, 0.3) is 5.91 Å². The van der Waals surface area contributed by atoms with Crippen LogP contribution in [-0.2, 0) is 13.0 Å². The molecule has 1 N–H and O–H groups in total. The van der Waals surface area contributed by atoms with Crippen molar-refractivity contribution in [2.24, 2.45) is 0 Å². The Balaban J connectivity index is 1.27. The lowest BCUT2D eigenvalue weighted by molar-refractivity contribution is 0.0730. The van der Waals surface area contributed by atoms with E-state index in [1.54, 1.807) is 12.1 Å². The maximum absolute atomic E-state index is 13.3. The number of aromatic amines is 1. The number of halogens is 1. The van der Waals surface area contributed by atoms with Gasteiger partial charge in [0.05, 0.1) is 18.3 Å². The number of nitrogens with one attached hydrogen (secondary N) is 1. The predicted octanol–water partition coefficient (Wildman–Crippen LogP) is 4.37. The van der Waals surface area contributed by atoms with Gasteiger partial charge in [-0.1, -0.05) is 24.3 Å². The van der Waals surface area contributed by atoms with Crippen molar-refractivity contribution < 1.29 is 9.18 Å². The second-order valence-corrected chi connectivity index (χ2v) is 8.88. The van der Waals surface area contributed by atoms with E-state index in [-0.39, 0.29) is 17.8 Å². The maximum Gasteiger partial charge on any atom is 0.254 e. The Bertz CT molecular complexity index is 1290. The summed E-state index contributed by atoms with van der Waals surface area (Å²) in [7, 11) is 0. The summed E-state index contributed by atoms with van der Waals surface area (Å²) in [5.41, 5.74) is 4.82. The van der Waals surface area contributed by atoms with Crippen molar-refractivity contribution in [1.29, 1.82) is 0 Å². The molecule has 1 saturated heterocycles. The first-order chi connectivity index (χ1) is 16.5. The quantitative estimate of drug-likeness (QED) is 0.465. The minimum absolute atomic E-state index is 0.00921. The predicted molar refractivity (Wildman–Crippen MR) is 126 cm³/mol. The molecular weight excluding hydrogens is 431 g/mol. The first kappa shape index (κ1) is 22.0. The molecule has 8 heteroatoms. The average molecular weight is 459 g/mol. The number of hydrogen-bond donors (Lipinski definition) is 1. The number of benzene rings is 2. The fraction of sp³-hybridized carbons (Fsp3) is 0.308. The Morgan fingerprint density at radius 3 is 2.53 bits per heavy atom. The number of amides is 1. The highest BCUT2D eigenvalue weighted by Gasteiger charge is 2.33. The van der Waals surface area contributed by atoms with Crippen LogP contribution in [0.5, 0.6) is 0 Å². The van der Waals surface area contributed by atoms with Crippen LogP contribution < -0.4 is 0 Å². The summed E-state index contributed by atoms with van der Waals surface area (Å²) in [5.74, 6) is 1.06. The number of rotatable bonds is 6. The molecule has 0 bridgehead atoms. The summed E-state index contributed by atoms with van der Waals surface area (Å²) < 4.78 is 15.1. The Hall–Kier alpha value is -3.81. The van der Waals surface area contributed by atoms with Crippen LogP contribution >= 0.6 is 0 Å². The zero-order valence-corrected chi connectivity index (χ0v) is 19.3. The number of aryl methyl sites for hydroxylation is 2. The minimum atomic E-state index is -0.262. The first-order valence-electron chi connectivity index (χ1n) is 11.5. The average Bonchev–Trinajstić information content (AvgIpc) is 3.56. The molecule has 4 aromatic rings. The van der Waals surface area contributed by atoms with Crippen LogP contribution in [0, 0.1) is 19.7 Å². The van der Waals surface area contributed by atoms with Crippen LogP contribution in [0.4, 0.5) is 4.39 Å². The van der Waals surface area contributed by atoms with Crippen molar-refractivity contribution in [3.05, 3.63) is 100 Å². The first-order valence-corrected chi connectivity index (χ1v) is 11.5. The van der Waals surface area contributed by atoms with E-state index in [0.717, 1.165) is 35.4 Å². The minimum Gasteiger partial charge on any atom is -0.328 e. The molecule has 1 aliphatic rings. The highest BCUT2D eigenvalue weighted by Crippen LogP contribution is 2.31. The molecule has 174 valence electrons. The van der Waals surface area contributed by atoms with E-state index in [2.05, 4.69) is 26.3 Å². The number of aromatic nitrogens is 5. The van der Waals surface area contributed by atoms with Crippen molar-refractivity contribution >= 4 is 5.91 Å². The zero-order chi connectivity index (χ0) is 23.7. The largest absolute Gasteiger partial charge is 0.328 e. The van der Waals surface area contributed by atoms with Crippen LogP contribution in [0.15, 0.2) is 54.6 Å². The summed E-state index contributed by atoms with van der Waals surface area (Å²) in [6.07, 6.45) is 2.27. The summed E-state index contributed by atoms with van der Waals surface area (Å²) in [6.45, 7) is 5.38. The van der Waals surface area contributed by atoms with Gasteiger partial charge in [0.1, 0.15) is 11.6 Å². The summed E-state index contributed by atoms with van der Waals surface area (Å²) in [6, 6.07) is 16.0. The van der Waals surface area contributed by atoms with E-state index >= 15 is 0 Å². The van der Waals surface area contributed by atoms with E-state index in [1.165, 1.54) is 12.1 Å². The topological polar surface area (TPSA) is 79.7 Å². The number of hydrogen-bond acceptors (Lipinski definition) is 4. The molecule has 0 spiro atoms. The summed E-state index contributed by atoms with van der Waals surface area (Å²) in [5, 5.41) is 11.9. The molecule has 2 aromatic carbocycles. The Morgan fingerprint density at radius 2 is 1.82 bits per heavy atom. The molecule has 3 heterocycles. The second-order valence-electron chi connectivity index (χ2n) is 8.88. The van der Waals surface area contributed by atoms with E-state index in [0.29, 0.717) is 36.7 Å². The van der Waals surface area contributed by atoms with Crippen molar-refractivity contribution in [3.63, 3.8) is 0 Å². The lowest BCUT2D eigenvalue weighted by Crippen LogP contribution is -2.31. The lowest BCUT2D eigenvalue weighted by atomic mass is 10.1. The van der Waals surface area contributed by atoms with Gasteiger partial charge in [-0.05, 0) is 68.1 Å². The third kappa shape index (κ3) is 4.62. The van der Waals surface area contributed by atoms with Crippen LogP contribution in [0.3, 0.4) is 0 Å². The van der Waals surface area contributed by atoms with Crippen LogP contribution in [0.2, 0.25) is 0 Å². The van der Waals surface area contributed by atoms with Crippen molar-refractivity contribution in [2.45, 2.75) is 45.7 Å². The van der Waals surface area contributed by atoms with Gasteiger partial charge >= 0.3 is 0 Å². The number of carbonyl (C=O) groups is 1. The van der Waals surface area contributed by atoms with Gasteiger partial charge in [-0.25, -0.2) is 9.37 Å². The second kappa shape index (κ2) is 9.21. The van der Waals surface area contributed by atoms with E-state index < -0.39 is 0 Å². The molecule has 1 atom stereocenters. The number of likely N-dealkylation sites (tertiary alicyclic amines) is 1. The van der Waals surface area contributed by atoms with Crippen molar-refractivity contribution in [1.82, 2.24) is 29.9 Å². The van der Waals surface area contributed by atoms with Gasteiger partial charge in [-0.15, -0.1) is 0 Å². The molecule has 2 aromatic heterocycles. The van der Waals surface area contributed by atoms with E-state index in [4.69, 9.17) is 0 Å². The number of nitrogens with zero attached hydrogens (tertiary/aromatic N) is 5. The fourth-order valence-electron chi connectivity index (χ4n) is 4.54. The lowest BCUT2D eigenvalue weighted by Gasteiger charge is -2.22. The Kier molecular flexibility index (Phi) is 5.96. The third-order valence-corrected chi connectivity index (χ3v) is 6.28. The SMILES string of the molecule is Cc1cc(C)n(Cc2ccc(C(=O)N3CCCC3c3n[nH]c(Cc4ccc(F)cc4)n3)cc2)n1. The summed E-state index contributed by atoms with van der Waals surface area (Å²) >= 11 is 0. The molecule has 1 unspecified atom stereocenters. The molecule has 5 rings (SSSR count). The molecule has 1 fully saturated rings. The van der Waals surface area contributed by atoms with Crippen molar-refractivity contribution in [2.75, 3.05) is 6.54 Å². The normalized spacial score (nSPS) is 15.7. The van der Waals surface area contributed by atoms with Crippen LogP contribution in [-0.4, -0.2) is 42.3 Å². The Morgan fingerprint density at radius 1 is 1.09 bits per heavy atom. The molecule has 34 heavy (non-hydrogen) atoms. The van der Waals surface area contributed by atoms with Gasteiger partial charge in [-0.3, -0.25) is 14.6 Å². The smallest absolute Gasteiger partial charge is 0.254 e. The molecular formula is C26H27FN6O. The molecule has 1 amide bonds. The van der Waals surface area contributed by atoms with Gasteiger partial charge in [0.15, 0.2) is 5.82 Å². The maximum atomic E-state index is 13.3. The molecule has 0 saturated carbocycles. The van der Waals surface area contributed by atoms with E-state index in [9.17, 15) is 9.18 Å². The van der Waals surface area contributed by atoms with Gasteiger partial charge in [0.2, 0.25) is 0 Å². The number of carbonyl (C=O) groups excluding carboxylic acids is 1. The summed E-state index contributed by atoms with van der Waals surface area (Å²) in [4.78, 5) is 19.8. The van der Waals surface area contributed by atoms with Crippen molar-refractivity contribution in [3.8, 4) is 0 Å². The fourth-order valence-corrected chi connectivity index (χ4v) is 4.54. The molecule has 1 aliphatic heterocycles. The molecule has 7 nitrogen and oxygen atoms in total. The van der Waals surface area contributed by atoms with E-state index in [1.807, 2.05) is 47.7 Å². The molecule has 0 radical (unpaired) electrons. The Labute approximate surface area is 197 Å². The highest BCUT2D eigenvalue weighted by atomic mass is 19.1. The zero-order valence-electron chi connectivity index (χ0n) is 19.3.